The molecule has 0 saturated carbocycles. The van der Waals surface area contributed by atoms with Gasteiger partial charge in [0.05, 0.1) is 13.1 Å². The van der Waals surface area contributed by atoms with Gasteiger partial charge < -0.3 is 10.1 Å². The van der Waals surface area contributed by atoms with Crippen molar-refractivity contribution in [2.75, 3.05) is 26.2 Å². The van der Waals surface area contributed by atoms with Gasteiger partial charge in [-0.1, -0.05) is 0 Å². The molecular weight excluding hydrogens is 190 g/mol. The minimum atomic E-state index is -0.646. The van der Waals surface area contributed by atoms with Crippen molar-refractivity contribution < 1.29 is 19.1 Å². The molecule has 1 N–H and O–H groups in total. The molecular formula is C7H9N3O4. The molecule has 0 fully saturated rings. The van der Waals surface area contributed by atoms with Crippen LogP contribution >= 0.6 is 0 Å². The highest BCUT2D eigenvalue weighted by Gasteiger charge is 1.98. The highest BCUT2D eigenvalue weighted by Crippen LogP contribution is 1.78. The molecule has 0 aromatic rings. The van der Waals surface area contributed by atoms with Gasteiger partial charge in [0.25, 0.3) is 0 Å². The number of ether oxygens (including phenoxy) is 1. The van der Waals surface area contributed by atoms with Crippen LogP contribution in [0.3, 0.4) is 0 Å². The number of hydrogen-bond donors (Lipinski definition) is 1. The molecule has 0 heterocycles. The quantitative estimate of drug-likeness (QED) is 0.350. The Balaban J connectivity index is 3.36. The maximum atomic E-state index is 10.8. The zero-order valence-electron chi connectivity index (χ0n) is 7.36. The molecule has 0 aliphatic carbocycles. The van der Waals surface area contributed by atoms with E-state index in [1.54, 1.807) is 0 Å². The van der Waals surface area contributed by atoms with Gasteiger partial charge >= 0.3 is 6.09 Å². The first-order valence-corrected chi connectivity index (χ1v) is 3.79. The zero-order chi connectivity index (χ0) is 10.6. The first-order chi connectivity index (χ1) is 6.81. The largest absolute Gasteiger partial charge is 0.448 e. The van der Waals surface area contributed by atoms with Crippen molar-refractivity contribution in [2.45, 2.75) is 0 Å². The number of alkyl carbamates (subject to hydrolysis) is 1. The third-order valence-electron chi connectivity index (χ3n) is 1.06. The summed E-state index contributed by atoms with van der Waals surface area (Å²) in [5.74, 6) is 0. The van der Waals surface area contributed by atoms with Crippen molar-refractivity contribution in [1.29, 1.82) is 0 Å². The minimum Gasteiger partial charge on any atom is -0.448 e. The van der Waals surface area contributed by atoms with Gasteiger partial charge in [0.15, 0.2) is 0 Å². The number of hydrogen-bond acceptors (Lipinski definition) is 6. The second-order valence-corrected chi connectivity index (χ2v) is 2.01. The summed E-state index contributed by atoms with van der Waals surface area (Å²) in [6.07, 6.45) is 1.99. The van der Waals surface area contributed by atoms with E-state index in [4.69, 9.17) is 0 Å². The van der Waals surface area contributed by atoms with Crippen molar-refractivity contribution in [3.8, 4) is 0 Å². The van der Waals surface area contributed by atoms with Crippen molar-refractivity contribution in [2.24, 2.45) is 9.98 Å². The molecule has 7 heteroatoms. The fourth-order valence-electron chi connectivity index (χ4n) is 0.540. The molecule has 0 aromatic carbocycles. The Hall–Kier alpha value is -1.97. The van der Waals surface area contributed by atoms with Crippen LogP contribution in [0, 0.1) is 0 Å². The zero-order valence-corrected chi connectivity index (χ0v) is 7.36. The van der Waals surface area contributed by atoms with Gasteiger partial charge in [-0.25, -0.2) is 24.4 Å². The summed E-state index contributed by atoms with van der Waals surface area (Å²) >= 11 is 0. The van der Waals surface area contributed by atoms with Crippen LogP contribution in [0.4, 0.5) is 4.79 Å². The third-order valence-corrected chi connectivity index (χ3v) is 1.06. The smallest absolute Gasteiger partial charge is 0.407 e. The third kappa shape index (κ3) is 8.13. The van der Waals surface area contributed by atoms with Crippen molar-refractivity contribution in [1.82, 2.24) is 5.32 Å². The molecule has 76 valence electrons. The monoisotopic (exact) mass is 199 g/mol. The van der Waals surface area contributed by atoms with E-state index in [1.165, 1.54) is 12.2 Å². The number of amides is 1. The fourth-order valence-corrected chi connectivity index (χ4v) is 0.540. The number of carbonyl (C=O) groups is 1. The highest BCUT2D eigenvalue weighted by atomic mass is 16.5. The van der Waals surface area contributed by atoms with Gasteiger partial charge in [0, 0.05) is 6.54 Å². The van der Waals surface area contributed by atoms with E-state index in [0.717, 1.165) is 0 Å². The summed E-state index contributed by atoms with van der Waals surface area (Å²) in [6.45, 7) is 0.456. The number of aliphatic imine (C=N–C) groups is 2. The lowest BCUT2D eigenvalue weighted by Crippen LogP contribution is -2.27. The molecule has 14 heavy (non-hydrogen) atoms. The van der Waals surface area contributed by atoms with Crippen LogP contribution in [-0.4, -0.2) is 44.5 Å². The average Bonchev–Trinajstić information content (AvgIpc) is 2.19. The molecule has 0 aliphatic rings. The molecule has 0 aliphatic heterocycles. The number of rotatable bonds is 6. The SMILES string of the molecule is O=C=NCCNC(=O)OCCN=C=O. The topological polar surface area (TPSA) is 97.2 Å². The Morgan fingerprint density at radius 1 is 1.21 bits per heavy atom. The Bertz CT molecular complexity index is 240. The van der Waals surface area contributed by atoms with E-state index in [9.17, 15) is 14.4 Å². The van der Waals surface area contributed by atoms with Crippen LogP contribution in [0.2, 0.25) is 0 Å². The van der Waals surface area contributed by atoms with Gasteiger partial charge in [0.1, 0.15) is 6.61 Å². The van der Waals surface area contributed by atoms with Crippen molar-refractivity contribution in [3.63, 3.8) is 0 Å². The molecule has 1 amide bonds. The lowest BCUT2D eigenvalue weighted by Gasteiger charge is -2.02. The first-order valence-electron chi connectivity index (χ1n) is 3.79. The lowest BCUT2D eigenvalue weighted by molar-refractivity contribution is 0.150. The molecule has 0 radical (unpaired) electrons. The van der Waals surface area contributed by atoms with Gasteiger partial charge in [-0.3, -0.25) is 0 Å². The molecule has 7 nitrogen and oxygen atoms in total. The van der Waals surface area contributed by atoms with E-state index < -0.39 is 6.09 Å². The summed E-state index contributed by atoms with van der Waals surface area (Å²) in [6, 6.07) is 0. The van der Waals surface area contributed by atoms with Gasteiger partial charge in [-0.2, -0.15) is 0 Å². The molecule has 0 spiro atoms. The van der Waals surface area contributed by atoms with Crippen molar-refractivity contribution >= 4 is 18.3 Å². The van der Waals surface area contributed by atoms with Gasteiger partial charge in [-0.05, 0) is 0 Å². The van der Waals surface area contributed by atoms with E-state index in [2.05, 4.69) is 20.0 Å². The summed E-state index contributed by atoms with van der Waals surface area (Å²) in [5.41, 5.74) is 0. The Labute approximate surface area is 79.9 Å². The standard InChI is InChI=1S/C7H9N3O4/c11-5-8-1-2-10-7(13)14-4-3-9-6-12/h1-4H2,(H,10,13). The van der Waals surface area contributed by atoms with Gasteiger partial charge in [-0.15, -0.1) is 0 Å². The summed E-state index contributed by atoms with van der Waals surface area (Å²) < 4.78 is 4.56. The lowest BCUT2D eigenvalue weighted by atomic mass is 10.6. The van der Waals surface area contributed by atoms with Crippen LogP contribution < -0.4 is 5.32 Å². The summed E-state index contributed by atoms with van der Waals surface area (Å²) in [7, 11) is 0. The summed E-state index contributed by atoms with van der Waals surface area (Å²) in [4.78, 5) is 36.3. The molecule has 0 atom stereocenters. The molecule has 0 aromatic heterocycles. The first kappa shape index (κ1) is 12.0. The van der Waals surface area contributed by atoms with E-state index in [0.29, 0.717) is 0 Å². The Morgan fingerprint density at radius 2 is 1.86 bits per heavy atom. The molecule has 0 bridgehead atoms. The highest BCUT2D eigenvalue weighted by molar-refractivity contribution is 5.67. The Kier molecular flexibility index (Phi) is 7.84. The molecule has 0 rings (SSSR count). The predicted octanol–water partition coefficient (Wildman–Crippen LogP) is -0.616. The van der Waals surface area contributed by atoms with Crippen LogP contribution in [0.15, 0.2) is 9.98 Å². The number of nitrogens with one attached hydrogen (secondary N) is 1. The van der Waals surface area contributed by atoms with Crippen LogP contribution in [0.1, 0.15) is 0 Å². The van der Waals surface area contributed by atoms with Crippen LogP contribution in [0.25, 0.3) is 0 Å². The van der Waals surface area contributed by atoms with E-state index in [-0.39, 0.29) is 26.2 Å². The van der Waals surface area contributed by atoms with Crippen molar-refractivity contribution in [3.05, 3.63) is 0 Å². The van der Waals surface area contributed by atoms with Crippen LogP contribution in [-0.2, 0) is 14.3 Å². The molecule has 0 unspecified atom stereocenters. The van der Waals surface area contributed by atoms with E-state index >= 15 is 0 Å². The van der Waals surface area contributed by atoms with Gasteiger partial charge in [0.2, 0.25) is 12.2 Å². The minimum absolute atomic E-state index is 0.0119. The normalized spacial score (nSPS) is 8.00. The maximum Gasteiger partial charge on any atom is 0.407 e. The van der Waals surface area contributed by atoms with E-state index in [1.807, 2.05) is 0 Å². The summed E-state index contributed by atoms with van der Waals surface area (Å²) in [5, 5.41) is 2.32. The number of nitrogens with zero attached hydrogens (tertiary/aromatic N) is 2. The van der Waals surface area contributed by atoms with Crippen LogP contribution in [0.5, 0.6) is 0 Å². The second-order valence-electron chi connectivity index (χ2n) is 2.01. The predicted molar refractivity (Wildman–Crippen MR) is 45.3 cm³/mol. The maximum absolute atomic E-state index is 10.8. The second kappa shape index (κ2) is 9.12. The number of carbonyl (C=O) groups excluding carboxylic acids is 3. The Morgan fingerprint density at radius 3 is 2.50 bits per heavy atom. The molecule has 0 saturated heterocycles. The number of isocyanates is 2. The average molecular weight is 199 g/mol. The fraction of sp³-hybridized carbons (Fsp3) is 0.571.